The van der Waals surface area contributed by atoms with Crippen molar-refractivity contribution >= 4 is 51.9 Å². The van der Waals surface area contributed by atoms with Gasteiger partial charge in [0.25, 0.3) is 5.56 Å². The summed E-state index contributed by atoms with van der Waals surface area (Å²) in [7, 11) is 3.04. The predicted octanol–water partition coefficient (Wildman–Crippen LogP) is 3.78. The van der Waals surface area contributed by atoms with E-state index in [4.69, 9.17) is 33.2 Å². The maximum absolute atomic E-state index is 14.3. The van der Waals surface area contributed by atoms with Crippen molar-refractivity contribution in [2.75, 3.05) is 53.9 Å². The third-order valence-electron chi connectivity index (χ3n) is 6.84. The molecule has 1 atom stereocenters. The first kappa shape index (κ1) is 36.0. The maximum atomic E-state index is 14.3. The molecule has 0 bridgehead atoms. The minimum Gasteiger partial charge on any atom is -0.493 e. The number of thiazole rings is 1. The Bertz CT molecular complexity index is 1830. The number of benzene rings is 2. The number of ether oxygens (including phenoxy) is 7. The Morgan fingerprint density at radius 3 is 2.43 bits per heavy atom. The van der Waals surface area contributed by atoms with Gasteiger partial charge in [0, 0.05) is 12.7 Å². The van der Waals surface area contributed by atoms with Crippen LogP contribution in [-0.4, -0.2) is 70.4 Å². The Morgan fingerprint density at radius 2 is 1.74 bits per heavy atom. The molecule has 12 nitrogen and oxygen atoms in total. The molecule has 1 aliphatic heterocycles. The van der Waals surface area contributed by atoms with E-state index < -0.39 is 18.0 Å². The number of para-hydroxylation sites is 1. The molecule has 2 heterocycles. The number of aromatic nitrogens is 1. The molecule has 0 N–H and O–H groups in total. The lowest BCUT2D eigenvalue weighted by atomic mass is 9.94. The fraction of sp³-hybridized carbons (Fsp3) is 0.394. The summed E-state index contributed by atoms with van der Waals surface area (Å²) < 4.78 is 41.3. The zero-order valence-electron chi connectivity index (χ0n) is 27.0. The number of allylic oxidation sites excluding steroid dienone is 1. The Kier molecular flexibility index (Phi) is 12.8. The summed E-state index contributed by atoms with van der Waals surface area (Å²) in [5.41, 5.74) is 1.45. The van der Waals surface area contributed by atoms with E-state index in [1.54, 1.807) is 44.2 Å². The Labute approximate surface area is 289 Å². The van der Waals surface area contributed by atoms with Gasteiger partial charge in [-0.2, -0.15) is 0 Å². The van der Waals surface area contributed by atoms with Crippen LogP contribution >= 0.6 is 33.9 Å². The molecule has 1 aromatic heterocycles. The van der Waals surface area contributed by atoms with Crippen LogP contribution in [0, 0.1) is 3.57 Å². The van der Waals surface area contributed by atoms with Crippen molar-refractivity contribution in [1.29, 1.82) is 0 Å². The molecule has 1 aliphatic rings. The van der Waals surface area contributed by atoms with Crippen molar-refractivity contribution in [2.24, 2.45) is 4.99 Å². The van der Waals surface area contributed by atoms with E-state index in [0.717, 1.165) is 0 Å². The SMILES string of the molecule is CCOC(=O)COc1c(I)cc(/C=c2/sc3n(c2=O)[C@@H](c2cccc(OC)c2OCC)C(C(=O)OCCOC)=C(C)N=3)cc1OCC. The summed E-state index contributed by atoms with van der Waals surface area (Å²) in [5.74, 6) is 0.552. The van der Waals surface area contributed by atoms with Crippen LogP contribution in [-0.2, 0) is 23.8 Å². The van der Waals surface area contributed by atoms with Crippen molar-refractivity contribution in [3.63, 3.8) is 0 Å². The zero-order chi connectivity index (χ0) is 34.1. The average molecular weight is 781 g/mol. The lowest BCUT2D eigenvalue weighted by Gasteiger charge is -2.27. The van der Waals surface area contributed by atoms with Gasteiger partial charge in [-0.3, -0.25) is 9.36 Å². The first-order chi connectivity index (χ1) is 22.7. The molecule has 0 saturated heterocycles. The molecule has 4 rings (SSSR count). The second kappa shape index (κ2) is 16.8. The number of esters is 2. The number of halogens is 1. The van der Waals surface area contributed by atoms with Crippen LogP contribution in [0.5, 0.6) is 23.0 Å². The summed E-state index contributed by atoms with van der Waals surface area (Å²) in [6, 6.07) is 7.96. The fourth-order valence-electron chi connectivity index (χ4n) is 4.94. The zero-order valence-corrected chi connectivity index (χ0v) is 30.0. The molecule has 3 aromatic rings. The normalized spacial score (nSPS) is 14.3. The third-order valence-corrected chi connectivity index (χ3v) is 8.63. The number of fused-ring (bicyclic) bond motifs is 1. The van der Waals surface area contributed by atoms with Crippen molar-refractivity contribution in [3.05, 3.63) is 76.0 Å². The van der Waals surface area contributed by atoms with E-state index in [0.29, 0.717) is 65.9 Å². The molecule has 0 spiro atoms. The van der Waals surface area contributed by atoms with Gasteiger partial charge in [-0.1, -0.05) is 23.5 Å². The van der Waals surface area contributed by atoms with E-state index in [-0.39, 0.29) is 37.6 Å². The molecule has 0 amide bonds. The van der Waals surface area contributed by atoms with Crippen LogP contribution < -0.4 is 33.8 Å². The molecule has 0 saturated carbocycles. The van der Waals surface area contributed by atoms with Gasteiger partial charge in [0.2, 0.25) is 0 Å². The number of hydrogen-bond acceptors (Lipinski definition) is 12. The van der Waals surface area contributed by atoms with Gasteiger partial charge >= 0.3 is 11.9 Å². The molecule has 0 radical (unpaired) electrons. The van der Waals surface area contributed by atoms with E-state index in [1.165, 1.54) is 30.1 Å². The summed E-state index contributed by atoms with van der Waals surface area (Å²) >= 11 is 3.28. The molecular weight excluding hydrogens is 743 g/mol. The quantitative estimate of drug-likeness (QED) is 0.128. The topological polar surface area (TPSA) is 133 Å². The van der Waals surface area contributed by atoms with Crippen molar-refractivity contribution in [3.8, 4) is 23.0 Å². The van der Waals surface area contributed by atoms with Gasteiger partial charge in [-0.25, -0.2) is 14.6 Å². The highest BCUT2D eigenvalue weighted by atomic mass is 127. The van der Waals surface area contributed by atoms with Crippen LogP contribution in [0.2, 0.25) is 0 Å². The van der Waals surface area contributed by atoms with E-state index >= 15 is 0 Å². The van der Waals surface area contributed by atoms with Crippen LogP contribution in [0.1, 0.15) is 44.9 Å². The lowest BCUT2D eigenvalue weighted by Crippen LogP contribution is -2.40. The number of carbonyl (C=O) groups is 2. The third kappa shape index (κ3) is 8.16. The Hall–Kier alpha value is -3.89. The minimum absolute atomic E-state index is 0.0278. The van der Waals surface area contributed by atoms with Crippen LogP contribution in [0.4, 0.5) is 0 Å². The van der Waals surface area contributed by atoms with Crippen molar-refractivity contribution in [2.45, 2.75) is 33.7 Å². The number of carbonyl (C=O) groups excluding carboxylic acids is 2. The summed E-state index contributed by atoms with van der Waals surface area (Å²) in [4.78, 5) is 44.8. The first-order valence-electron chi connectivity index (χ1n) is 14.9. The van der Waals surface area contributed by atoms with Gasteiger partial charge in [-0.15, -0.1) is 0 Å². The van der Waals surface area contributed by atoms with Crippen LogP contribution in [0.3, 0.4) is 0 Å². The summed E-state index contributed by atoms with van der Waals surface area (Å²) in [5, 5.41) is 0. The Morgan fingerprint density at radius 1 is 0.979 bits per heavy atom. The van der Waals surface area contributed by atoms with Gasteiger partial charge in [0.15, 0.2) is 34.4 Å². The predicted molar refractivity (Wildman–Crippen MR) is 183 cm³/mol. The van der Waals surface area contributed by atoms with Crippen molar-refractivity contribution < 1.29 is 42.7 Å². The molecule has 0 fully saturated rings. The van der Waals surface area contributed by atoms with Gasteiger partial charge < -0.3 is 33.2 Å². The highest BCUT2D eigenvalue weighted by molar-refractivity contribution is 14.1. The number of methoxy groups -OCH3 is 2. The second-order valence-electron chi connectivity index (χ2n) is 9.88. The fourth-order valence-corrected chi connectivity index (χ4v) is 6.77. The van der Waals surface area contributed by atoms with E-state index in [1.807, 2.05) is 19.9 Å². The number of hydrogen-bond donors (Lipinski definition) is 0. The molecular formula is C33H37IN2O10S. The molecule has 252 valence electrons. The molecule has 0 aliphatic carbocycles. The largest absolute Gasteiger partial charge is 0.493 e. The molecule has 0 unspecified atom stereocenters. The summed E-state index contributed by atoms with van der Waals surface area (Å²) in [6.45, 7) is 7.99. The van der Waals surface area contributed by atoms with Crippen molar-refractivity contribution in [1.82, 2.24) is 4.57 Å². The monoisotopic (exact) mass is 780 g/mol. The minimum atomic E-state index is -0.919. The smallest absolute Gasteiger partial charge is 0.344 e. The Balaban J connectivity index is 1.89. The molecule has 2 aromatic carbocycles. The summed E-state index contributed by atoms with van der Waals surface area (Å²) in [6.07, 6.45) is 1.73. The highest BCUT2D eigenvalue weighted by Gasteiger charge is 2.36. The second-order valence-corrected chi connectivity index (χ2v) is 12.1. The lowest BCUT2D eigenvalue weighted by molar-refractivity contribution is -0.145. The van der Waals surface area contributed by atoms with E-state index in [2.05, 4.69) is 27.6 Å². The van der Waals surface area contributed by atoms with E-state index in [9.17, 15) is 14.4 Å². The molecule has 47 heavy (non-hydrogen) atoms. The average Bonchev–Trinajstić information content (AvgIpc) is 3.34. The van der Waals surface area contributed by atoms with Gasteiger partial charge in [-0.05, 0) is 80.1 Å². The van der Waals surface area contributed by atoms with Crippen LogP contribution in [0.25, 0.3) is 6.08 Å². The van der Waals surface area contributed by atoms with Gasteiger partial charge in [0.1, 0.15) is 12.6 Å². The highest BCUT2D eigenvalue weighted by Crippen LogP contribution is 2.41. The first-order valence-corrected chi connectivity index (χ1v) is 16.8. The molecule has 14 heteroatoms. The van der Waals surface area contributed by atoms with Gasteiger partial charge in [0.05, 0.1) is 52.9 Å². The number of nitrogens with zero attached hydrogens (tertiary/aromatic N) is 2. The number of rotatable bonds is 15. The van der Waals surface area contributed by atoms with Crippen LogP contribution in [0.15, 0.2) is 51.4 Å². The standard InChI is InChI=1S/C33H37IN2O10S/c1-7-42-24-16-20(15-22(34)30(24)46-18-26(37)43-8-2)17-25-31(38)36-28(21-11-10-12-23(41-6)29(21)44-9-3)27(19(4)35-33(36)47-25)32(39)45-14-13-40-5/h10-12,15-17,28H,7-9,13-14,18H2,1-6H3/b25-17+/t28-/m0/s1. The maximum Gasteiger partial charge on any atom is 0.344 e.